The zero-order chi connectivity index (χ0) is 20.5. The highest BCUT2D eigenvalue weighted by atomic mass is 16.5. The quantitative estimate of drug-likeness (QED) is 0.711. The Morgan fingerprint density at radius 3 is 2.28 bits per heavy atom. The van der Waals surface area contributed by atoms with Crippen molar-refractivity contribution in [2.45, 2.75) is 5.92 Å². The van der Waals surface area contributed by atoms with Crippen molar-refractivity contribution in [3.63, 3.8) is 0 Å². The van der Waals surface area contributed by atoms with Gasteiger partial charge in [-0.05, 0) is 34.5 Å². The number of fused-ring (bicyclic) bond motifs is 3. The molecule has 146 valence electrons. The monoisotopic (exact) mass is 388 g/mol. The van der Waals surface area contributed by atoms with Gasteiger partial charge in [0.2, 0.25) is 11.6 Å². The van der Waals surface area contributed by atoms with E-state index in [0.29, 0.717) is 23.0 Å². The molecule has 29 heavy (non-hydrogen) atoms. The molecule has 1 heterocycles. The third-order valence-corrected chi connectivity index (χ3v) is 5.26. The van der Waals surface area contributed by atoms with Crippen LogP contribution in [0.2, 0.25) is 0 Å². The van der Waals surface area contributed by atoms with E-state index in [2.05, 4.69) is 6.07 Å². The lowest BCUT2D eigenvalue weighted by Gasteiger charge is -2.32. The minimum Gasteiger partial charge on any atom is -0.493 e. The first-order valence-electron chi connectivity index (χ1n) is 9.10. The highest BCUT2D eigenvalue weighted by Crippen LogP contribution is 2.49. The number of ether oxygens (including phenoxy) is 4. The van der Waals surface area contributed by atoms with Gasteiger partial charge in [0.1, 0.15) is 11.7 Å². The van der Waals surface area contributed by atoms with E-state index in [9.17, 15) is 5.26 Å². The molecule has 0 bridgehead atoms. The summed E-state index contributed by atoms with van der Waals surface area (Å²) in [6, 6.07) is 17.7. The standard InChI is InChI=1S/C23H20N2O4/c1-26-18-10-14(11-19(27-2)22(18)28-3)20-16(12-24)23(25)29-17-9-8-13-6-4-5-7-15(13)21(17)20/h4-11,16,20,25H,1-3H3. The highest BCUT2D eigenvalue weighted by molar-refractivity contribution is 5.94. The van der Waals surface area contributed by atoms with Crippen molar-refractivity contribution >= 4 is 16.7 Å². The van der Waals surface area contributed by atoms with Crippen molar-refractivity contribution in [2.75, 3.05) is 21.3 Å². The lowest BCUT2D eigenvalue weighted by molar-refractivity contribution is 0.323. The number of methoxy groups -OCH3 is 3. The molecule has 0 saturated heterocycles. The fraction of sp³-hybridized carbons (Fsp3) is 0.217. The number of rotatable bonds is 4. The second-order valence-electron chi connectivity index (χ2n) is 6.71. The van der Waals surface area contributed by atoms with Gasteiger partial charge in [-0.1, -0.05) is 30.3 Å². The van der Waals surface area contributed by atoms with Gasteiger partial charge in [0.05, 0.1) is 27.4 Å². The Balaban J connectivity index is 2.04. The summed E-state index contributed by atoms with van der Waals surface area (Å²) in [4.78, 5) is 0. The number of hydrogen-bond acceptors (Lipinski definition) is 6. The van der Waals surface area contributed by atoms with Crippen molar-refractivity contribution in [1.29, 1.82) is 10.7 Å². The number of nitrogens with zero attached hydrogens (tertiary/aromatic N) is 1. The molecular weight excluding hydrogens is 368 g/mol. The second-order valence-corrected chi connectivity index (χ2v) is 6.71. The Morgan fingerprint density at radius 2 is 1.66 bits per heavy atom. The van der Waals surface area contributed by atoms with E-state index < -0.39 is 11.8 Å². The third kappa shape index (κ3) is 2.92. The minimum atomic E-state index is -0.781. The van der Waals surface area contributed by atoms with Crippen molar-refractivity contribution in [2.24, 2.45) is 5.92 Å². The maximum atomic E-state index is 9.89. The van der Waals surface area contributed by atoms with Gasteiger partial charge in [-0.15, -0.1) is 0 Å². The molecule has 2 atom stereocenters. The molecule has 0 saturated carbocycles. The number of nitrogens with one attached hydrogen (secondary N) is 1. The van der Waals surface area contributed by atoms with Crippen LogP contribution in [-0.4, -0.2) is 27.2 Å². The molecular formula is C23H20N2O4. The van der Waals surface area contributed by atoms with Crippen molar-refractivity contribution in [3.05, 3.63) is 59.7 Å². The van der Waals surface area contributed by atoms with Crippen LogP contribution in [0.25, 0.3) is 10.8 Å². The van der Waals surface area contributed by atoms with Gasteiger partial charge in [-0.3, -0.25) is 5.41 Å². The van der Waals surface area contributed by atoms with Crippen LogP contribution in [-0.2, 0) is 0 Å². The molecule has 4 rings (SSSR count). The summed E-state index contributed by atoms with van der Waals surface area (Å²) in [6.45, 7) is 0. The third-order valence-electron chi connectivity index (χ3n) is 5.26. The first-order valence-corrected chi connectivity index (χ1v) is 9.10. The van der Waals surface area contributed by atoms with Crippen LogP contribution >= 0.6 is 0 Å². The molecule has 3 aromatic rings. The van der Waals surface area contributed by atoms with Gasteiger partial charge in [0, 0.05) is 11.5 Å². The zero-order valence-corrected chi connectivity index (χ0v) is 16.4. The first kappa shape index (κ1) is 18.6. The normalized spacial score (nSPS) is 17.8. The molecule has 1 aliphatic heterocycles. The summed E-state index contributed by atoms with van der Waals surface area (Å²) in [5, 5.41) is 20.2. The molecule has 6 heteroatoms. The Labute approximate surface area is 168 Å². The summed E-state index contributed by atoms with van der Waals surface area (Å²) in [6.07, 6.45) is 0. The Hall–Kier alpha value is -3.72. The van der Waals surface area contributed by atoms with E-state index in [1.54, 1.807) is 21.3 Å². The van der Waals surface area contributed by atoms with Gasteiger partial charge in [0.25, 0.3) is 0 Å². The largest absolute Gasteiger partial charge is 0.493 e. The molecule has 2 unspecified atom stereocenters. The molecule has 0 aromatic heterocycles. The SMILES string of the molecule is COc1cc(C2c3c(ccc4ccccc34)OC(=N)C2C#N)cc(OC)c1OC. The predicted molar refractivity (Wildman–Crippen MR) is 109 cm³/mol. The highest BCUT2D eigenvalue weighted by Gasteiger charge is 2.39. The summed E-state index contributed by atoms with van der Waals surface area (Å²) in [5.41, 5.74) is 1.66. The average Bonchev–Trinajstić information content (AvgIpc) is 2.76. The van der Waals surface area contributed by atoms with Gasteiger partial charge in [0.15, 0.2) is 11.5 Å². The maximum Gasteiger partial charge on any atom is 0.205 e. The first-order chi connectivity index (χ1) is 14.1. The molecule has 6 nitrogen and oxygen atoms in total. The summed E-state index contributed by atoms with van der Waals surface area (Å²) in [7, 11) is 4.65. The smallest absolute Gasteiger partial charge is 0.205 e. The molecule has 0 amide bonds. The van der Waals surface area contributed by atoms with Crippen LogP contribution in [0.4, 0.5) is 0 Å². The summed E-state index contributed by atoms with van der Waals surface area (Å²) < 4.78 is 22.2. The maximum absolute atomic E-state index is 9.89. The number of benzene rings is 3. The topological polar surface area (TPSA) is 84.6 Å². The van der Waals surface area contributed by atoms with Crippen molar-refractivity contribution in [1.82, 2.24) is 0 Å². The Kier molecular flexibility index (Phi) is 4.73. The van der Waals surface area contributed by atoms with Gasteiger partial charge >= 0.3 is 0 Å². The van der Waals surface area contributed by atoms with Crippen LogP contribution in [0.3, 0.4) is 0 Å². The van der Waals surface area contributed by atoms with Gasteiger partial charge in [-0.25, -0.2) is 0 Å². The lowest BCUT2D eigenvalue weighted by Crippen LogP contribution is -2.31. The molecule has 1 N–H and O–H groups in total. The van der Waals surface area contributed by atoms with Crippen LogP contribution in [0.1, 0.15) is 17.0 Å². The molecule has 0 aliphatic carbocycles. The Bertz CT molecular complexity index is 1120. The summed E-state index contributed by atoms with van der Waals surface area (Å²) in [5.74, 6) is 0.782. The van der Waals surface area contributed by atoms with Crippen LogP contribution in [0.15, 0.2) is 48.5 Å². The predicted octanol–water partition coefficient (Wildman–Crippen LogP) is 4.51. The van der Waals surface area contributed by atoms with Crippen molar-refractivity contribution in [3.8, 4) is 29.1 Å². The van der Waals surface area contributed by atoms with E-state index in [1.807, 2.05) is 48.5 Å². The van der Waals surface area contributed by atoms with E-state index in [0.717, 1.165) is 21.9 Å². The lowest BCUT2D eigenvalue weighted by atomic mass is 9.77. The Morgan fingerprint density at radius 1 is 0.966 bits per heavy atom. The number of hydrogen-bond donors (Lipinski definition) is 1. The van der Waals surface area contributed by atoms with E-state index >= 15 is 0 Å². The van der Waals surface area contributed by atoms with Gasteiger partial charge in [-0.2, -0.15) is 5.26 Å². The van der Waals surface area contributed by atoms with E-state index in [4.69, 9.17) is 24.4 Å². The summed E-state index contributed by atoms with van der Waals surface area (Å²) >= 11 is 0. The van der Waals surface area contributed by atoms with Gasteiger partial charge < -0.3 is 18.9 Å². The van der Waals surface area contributed by atoms with Crippen LogP contribution < -0.4 is 18.9 Å². The minimum absolute atomic E-state index is 0.0750. The zero-order valence-electron chi connectivity index (χ0n) is 16.4. The molecule has 0 fully saturated rings. The van der Waals surface area contributed by atoms with E-state index in [1.165, 1.54) is 0 Å². The molecule has 0 radical (unpaired) electrons. The average molecular weight is 388 g/mol. The molecule has 3 aromatic carbocycles. The van der Waals surface area contributed by atoms with E-state index in [-0.39, 0.29) is 5.90 Å². The fourth-order valence-corrected chi connectivity index (χ4v) is 3.96. The second kappa shape index (κ2) is 7.36. The number of nitriles is 1. The van der Waals surface area contributed by atoms with Crippen LogP contribution in [0.5, 0.6) is 23.0 Å². The fourth-order valence-electron chi connectivity index (χ4n) is 3.96. The van der Waals surface area contributed by atoms with Crippen LogP contribution in [0, 0.1) is 22.7 Å². The van der Waals surface area contributed by atoms with Crippen molar-refractivity contribution < 1.29 is 18.9 Å². The molecule has 0 spiro atoms. The molecule has 1 aliphatic rings.